The molecule has 0 aliphatic heterocycles. The number of aryl methyl sites for hydroxylation is 2. The molecule has 2 aromatic rings. The summed E-state index contributed by atoms with van der Waals surface area (Å²) in [6, 6.07) is 4.97. The quantitative estimate of drug-likeness (QED) is 0.839. The monoisotopic (exact) mass is 219 g/mol. The number of aromatic nitrogens is 2. The molecule has 4 heteroatoms. The smallest absolute Gasteiger partial charge is 0.127 e. The molecule has 1 heterocycles. The van der Waals surface area contributed by atoms with E-state index in [2.05, 4.69) is 5.10 Å². The summed E-state index contributed by atoms with van der Waals surface area (Å²) in [6.07, 6.45) is 1.92. The van der Waals surface area contributed by atoms with Crippen LogP contribution >= 0.6 is 0 Å². The SMILES string of the molecule is Cc1nn(C)cc1-c1ccc(F)c(CN)c1. The summed E-state index contributed by atoms with van der Waals surface area (Å²) >= 11 is 0. The van der Waals surface area contributed by atoms with Crippen LogP contribution in [0, 0.1) is 12.7 Å². The van der Waals surface area contributed by atoms with Gasteiger partial charge in [-0.1, -0.05) is 6.07 Å². The Hall–Kier alpha value is -1.68. The summed E-state index contributed by atoms with van der Waals surface area (Å²) in [6.45, 7) is 2.14. The summed E-state index contributed by atoms with van der Waals surface area (Å²) < 4.78 is 15.0. The molecular weight excluding hydrogens is 205 g/mol. The molecule has 84 valence electrons. The Kier molecular flexibility index (Phi) is 2.75. The molecule has 2 rings (SSSR count). The molecule has 0 aliphatic rings. The molecule has 0 fully saturated rings. The van der Waals surface area contributed by atoms with E-state index in [9.17, 15) is 4.39 Å². The fourth-order valence-corrected chi connectivity index (χ4v) is 1.78. The van der Waals surface area contributed by atoms with E-state index in [1.807, 2.05) is 20.2 Å². The first-order valence-corrected chi connectivity index (χ1v) is 5.11. The van der Waals surface area contributed by atoms with Gasteiger partial charge >= 0.3 is 0 Å². The Morgan fingerprint density at radius 3 is 2.75 bits per heavy atom. The van der Waals surface area contributed by atoms with Gasteiger partial charge in [0.15, 0.2) is 0 Å². The second kappa shape index (κ2) is 4.06. The molecule has 0 saturated heterocycles. The third kappa shape index (κ3) is 1.84. The largest absolute Gasteiger partial charge is 0.326 e. The van der Waals surface area contributed by atoms with Crippen molar-refractivity contribution in [3.8, 4) is 11.1 Å². The lowest BCUT2D eigenvalue weighted by molar-refractivity contribution is 0.611. The number of nitrogens with two attached hydrogens (primary N) is 1. The van der Waals surface area contributed by atoms with E-state index >= 15 is 0 Å². The van der Waals surface area contributed by atoms with Gasteiger partial charge in [0.25, 0.3) is 0 Å². The predicted octanol–water partition coefficient (Wildman–Crippen LogP) is 1.99. The van der Waals surface area contributed by atoms with Gasteiger partial charge in [-0.2, -0.15) is 5.10 Å². The van der Waals surface area contributed by atoms with Crippen molar-refractivity contribution in [2.75, 3.05) is 0 Å². The molecule has 0 unspecified atom stereocenters. The maximum absolute atomic E-state index is 13.3. The van der Waals surface area contributed by atoms with Crippen molar-refractivity contribution >= 4 is 0 Å². The van der Waals surface area contributed by atoms with Crippen LogP contribution in [0.25, 0.3) is 11.1 Å². The maximum Gasteiger partial charge on any atom is 0.127 e. The Morgan fingerprint density at radius 1 is 1.44 bits per heavy atom. The number of benzene rings is 1. The van der Waals surface area contributed by atoms with Crippen LogP contribution < -0.4 is 5.73 Å². The van der Waals surface area contributed by atoms with Gasteiger partial charge in [0, 0.05) is 30.9 Å². The number of hydrogen-bond acceptors (Lipinski definition) is 2. The number of halogens is 1. The van der Waals surface area contributed by atoms with Crippen molar-refractivity contribution in [2.24, 2.45) is 12.8 Å². The van der Waals surface area contributed by atoms with E-state index in [1.165, 1.54) is 6.07 Å². The van der Waals surface area contributed by atoms with Crippen molar-refractivity contribution in [3.63, 3.8) is 0 Å². The van der Waals surface area contributed by atoms with Gasteiger partial charge in [0.2, 0.25) is 0 Å². The van der Waals surface area contributed by atoms with E-state index < -0.39 is 0 Å². The summed E-state index contributed by atoms with van der Waals surface area (Å²) in [5.74, 6) is -0.257. The van der Waals surface area contributed by atoms with Gasteiger partial charge in [0.1, 0.15) is 5.82 Å². The summed E-state index contributed by atoms with van der Waals surface area (Å²) in [5.41, 5.74) is 8.90. The zero-order chi connectivity index (χ0) is 11.7. The minimum atomic E-state index is -0.257. The van der Waals surface area contributed by atoms with Gasteiger partial charge in [-0.3, -0.25) is 4.68 Å². The first kappa shape index (κ1) is 10.8. The van der Waals surface area contributed by atoms with Gasteiger partial charge < -0.3 is 5.73 Å². The Labute approximate surface area is 93.7 Å². The molecule has 0 aliphatic carbocycles. The lowest BCUT2D eigenvalue weighted by Gasteiger charge is -2.03. The molecule has 0 amide bonds. The second-order valence-corrected chi connectivity index (χ2v) is 3.81. The lowest BCUT2D eigenvalue weighted by Crippen LogP contribution is -1.99. The van der Waals surface area contributed by atoms with Crippen LogP contribution in [0.3, 0.4) is 0 Å². The Morgan fingerprint density at radius 2 is 2.19 bits per heavy atom. The molecule has 0 saturated carbocycles. The molecule has 0 atom stereocenters. The lowest BCUT2D eigenvalue weighted by atomic mass is 10.0. The summed E-state index contributed by atoms with van der Waals surface area (Å²) in [4.78, 5) is 0. The van der Waals surface area contributed by atoms with Crippen LogP contribution in [-0.4, -0.2) is 9.78 Å². The highest BCUT2D eigenvalue weighted by Crippen LogP contribution is 2.24. The van der Waals surface area contributed by atoms with Crippen molar-refractivity contribution in [1.29, 1.82) is 0 Å². The van der Waals surface area contributed by atoms with Gasteiger partial charge in [0.05, 0.1) is 5.69 Å². The highest BCUT2D eigenvalue weighted by atomic mass is 19.1. The van der Waals surface area contributed by atoms with Crippen LogP contribution in [0.4, 0.5) is 4.39 Å². The van der Waals surface area contributed by atoms with Crippen molar-refractivity contribution in [1.82, 2.24) is 9.78 Å². The van der Waals surface area contributed by atoms with E-state index in [0.717, 1.165) is 16.8 Å². The molecule has 3 nitrogen and oxygen atoms in total. The number of nitrogens with zero attached hydrogens (tertiary/aromatic N) is 2. The fraction of sp³-hybridized carbons (Fsp3) is 0.250. The van der Waals surface area contributed by atoms with Crippen LogP contribution in [0.1, 0.15) is 11.3 Å². The molecule has 1 aromatic heterocycles. The first-order chi connectivity index (χ1) is 7.61. The molecule has 2 N–H and O–H groups in total. The van der Waals surface area contributed by atoms with E-state index in [4.69, 9.17) is 5.73 Å². The van der Waals surface area contributed by atoms with Crippen LogP contribution in [0.2, 0.25) is 0 Å². The highest BCUT2D eigenvalue weighted by Gasteiger charge is 2.08. The minimum Gasteiger partial charge on any atom is -0.326 e. The molecule has 1 aromatic carbocycles. The molecule has 16 heavy (non-hydrogen) atoms. The van der Waals surface area contributed by atoms with Crippen molar-refractivity contribution in [2.45, 2.75) is 13.5 Å². The summed E-state index contributed by atoms with van der Waals surface area (Å²) in [7, 11) is 1.86. The van der Waals surface area contributed by atoms with E-state index in [-0.39, 0.29) is 12.4 Å². The molecule has 0 bridgehead atoms. The van der Waals surface area contributed by atoms with Crippen molar-refractivity contribution < 1.29 is 4.39 Å². The van der Waals surface area contributed by atoms with Crippen LogP contribution in [0.15, 0.2) is 24.4 Å². The zero-order valence-corrected chi connectivity index (χ0v) is 9.37. The third-order valence-electron chi connectivity index (χ3n) is 2.59. The van der Waals surface area contributed by atoms with Gasteiger partial charge in [-0.25, -0.2) is 4.39 Å². The molecule has 0 radical (unpaired) electrons. The Bertz CT molecular complexity index is 517. The normalized spacial score (nSPS) is 10.8. The van der Waals surface area contributed by atoms with Crippen LogP contribution in [-0.2, 0) is 13.6 Å². The van der Waals surface area contributed by atoms with Crippen molar-refractivity contribution in [3.05, 3.63) is 41.5 Å². The number of hydrogen-bond donors (Lipinski definition) is 1. The Balaban J connectivity index is 2.52. The van der Waals surface area contributed by atoms with Crippen LogP contribution in [0.5, 0.6) is 0 Å². The minimum absolute atomic E-state index is 0.207. The van der Waals surface area contributed by atoms with E-state index in [0.29, 0.717) is 5.56 Å². The summed E-state index contributed by atoms with van der Waals surface area (Å²) in [5, 5.41) is 4.26. The zero-order valence-electron chi connectivity index (χ0n) is 9.37. The third-order valence-corrected chi connectivity index (χ3v) is 2.59. The standard InChI is InChI=1S/C12H14FN3/c1-8-11(7-16(2)15-8)9-3-4-12(13)10(5-9)6-14/h3-5,7H,6,14H2,1-2H3. The maximum atomic E-state index is 13.3. The number of rotatable bonds is 2. The van der Waals surface area contributed by atoms with Gasteiger partial charge in [-0.05, 0) is 24.6 Å². The fourth-order valence-electron chi connectivity index (χ4n) is 1.78. The highest BCUT2D eigenvalue weighted by molar-refractivity contribution is 5.65. The average Bonchev–Trinajstić information content (AvgIpc) is 2.59. The van der Waals surface area contributed by atoms with Gasteiger partial charge in [-0.15, -0.1) is 0 Å². The first-order valence-electron chi connectivity index (χ1n) is 5.11. The predicted molar refractivity (Wildman–Crippen MR) is 61.2 cm³/mol. The molecular formula is C12H14FN3. The van der Waals surface area contributed by atoms with E-state index in [1.54, 1.807) is 16.8 Å². The average molecular weight is 219 g/mol. The topological polar surface area (TPSA) is 43.8 Å². The second-order valence-electron chi connectivity index (χ2n) is 3.81. The molecule has 0 spiro atoms.